The Labute approximate surface area is 95.3 Å². The molecule has 0 spiro atoms. The molecule has 0 radical (unpaired) electrons. The number of benzene rings is 1. The van der Waals surface area contributed by atoms with Crippen LogP contribution in [0, 0.1) is 0 Å². The lowest BCUT2D eigenvalue weighted by Crippen LogP contribution is -2.31. The van der Waals surface area contributed by atoms with E-state index in [1.165, 1.54) is 0 Å². The van der Waals surface area contributed by atoms with Gasteiger partial charge < -0.3 is 15.2 Å². The van der Waals surface area contributed by atoms with Crippen LogP contribution in [0.25, 0.3) is 0 Å². The maximum absolute atomic E-state index is 11.1. The van der Waals surface area contributed by atoms with E-state index >= 15 is 0 Å². The molecule has 0 aliphatic carbocycles. The lowest BCUT2D eigenvalue weighted by Gasteiger charge is -2.15. The molecule has 2 atom stereocenters. The quantitative estimate of drug-likeness (QED) is 0.765. The van der Waals surface area contributed by atoms with E-state index in [1.54, 1.807) is 6.92 Å². The third-order valence-electron chi connectivity index (χ3n) is 1.91. The molecule has 4 heteroatoms. The summed E-state index contributed by atoms with van der Waals surface area (Å²) in [5.74, 6) is 0.343. The summed E-state index contributed by atoms with van der Waals surface area (Å²) < 4.78 is 10.5. The number of hydrogen-bond acceptors (Lipinski definition) is 4. The number of carbonyl (C=O) groups is 1. The molecule has 0 aromatic heterocycles. The first kappa shape index (κ1) is 12.5. The Morgan fingerprint density at radius 1 is 1.31 bits per heavy atom. The molecule has 88 valence electrons. The molecule has 0 amide bonds. The van der Waals surface area contributed by atoms with Gasteiger partial charge in [-0.2, -0.15) is 0 Å². The summed E-state index contributed by atoms with van der Waals surface area (Å²) in [6.45, 7) is 3.63. The molecule has 2 N–H and O–H groups in total. The van der Waals surface area contributed by atoms with Crippen LogP contribution in [0.15, 0.2) is 30.3 Å². The van der Waals surface area contributed by atoms with Crippen LogP contribution in [0.3, 0.4) is 0 Å². The van der Waals surface area contributed by atoms with E-state index in [2.05, 4.69) is 0 Å². The largest absolute Gasteiger partial charge is 0.487 e. The van der Waals surface area contributed by atoms with Crippen molar-refractivity contribution >= 4 is 5.97 Å². The van der Waals surface area contributed by atoms with Gasteiger partial charge in [-0.05, 0) is 26.0 Å². The highest BCUT2D eigenvalue weighted by Crippen LogP contribution is 2.10. The minimum Gasteiger partial charge on any atom is -0.487 e. The lowest BCUT2D eigenvalue weighted by atomic mass is 10.3. The summed E-state index contributed by atoms with van der Waals surface area (Å²) in [7, 11) is 0. The van der Waals surface area contributed by atoms with E-state index in [1.807, 2.05) is 37.3 Å². The molecule has 0 heterocycles. The van der Waals surface area contributed by atoms with Crippen molar-refractivity contribution in [3.05, 3.63) is 30.3 Å². The zero-order valence-electron chi connectivity index (χ0n) is 9.55. The average molecular weight is 223 g/mol. The number of para-hydroxylation sites is 1. The van der Waals surface area contributed by atoms with Gasteiger partial charge in [0.25, 0.3) is 0 Å². The predicted octanol–water partition coefficient (Wildman–Crippen LogP) is 1.34. The Morgan fingerprint density at radius 3 is 2.50 bits per heavy atom. The zero-order valence-corrected chi connectivity index (χ0v) is 9.55. The minimum absolute atomic E-state index is 0.190. The van der Waals surface area contributed by atoms with Gasteiger partial charge in [-0.25, -0.2) is 0 Å². The first-order valence-corrected chi connectivity index (χ1v) is 5.23. The van der Waals surface area contributed by atoms with E-state index in [9.17, 15) is 4.79 Å². The fourth-order valence-electron chi connectivity index (χ4n) is 1.10. The Bertz CT molecular complexity index is 324. The monoisotopic (exact) mass is 223 g/mol. The number of ether oxygens (including phenoxy) is 2. The van der Waals surface area contributed by atoms with Crippen LogP contribution >= 0.6 is 0 Å². The first-order chi connectivity index (χ1) is 7.59. The smallest absolute Gasteiger partial charge is 0.322 e. The second-order valence-electron chi connectivity index (χ2n) is 3.66. The van der Waals surface area contributed by atoms with E-state index < -0.39 is 12.0 Å². The molecule has 4 nitrogen and oxygen atoms in total. The summed E-state index contributed by atoms with van der Waals surface area (Å²) in [6, 6.07) is 8.79. The van der Waals surface area contributed by atoms with Crippen LogP contribution in [0.1, 0.15) is 13.8 Å². The van der Waals surface area contributed by atoms with Crippen molar-refractivity contribution in [3.8, 4) is 5.75 Å². The van der Waals surface area contributed by atoms with Crippen molar-refractivity contribution in [2.45, 2.75) is 26.0 Å². The van der Waals surface area contributed by atoms with Gasteiger partial charge in [0, 0.05) is 0 Å². The van der Waals surface area contributed by atoms with Crippen LogP contribution in [0.2, 0.25) is 0 Å². The van der Waals surface area contributed by atoms with Gasteiger partial charge in [0.1, 0.15) is 24.5 Å². The van der Waals surface area contributed by atoms with Crippen LogP contribution < -0.4 is 10.5 Å². The molecule has 0 aliphatic rings. The van der Waals surface area contributed by atoms with Crippen LogP contribution in [0.5, 0.6) is 5.75 Å². The van der Waals surface area contributed by atoms with Gasteiger partial charge in [0.2, 0.25) is 0 Å². The summed E-state index contributed by atoms with van der Waals surface area (Å²) in [5, 5.41) is 0. The molecule has 1 rings (SSSR count). The molecule has 0 saturated heterocycles. The van der Waals surface area contributed by atoms with E-state index in [-0.39, 0.29) is 12.7 Å². The average Bonchev–Trinajstić information content (AvgIpc) is 2.27. The Hall–Kier alpha value is -1.55. The molecule has 1 aromatic rings. The van der Waals surface area contributed by atoms with Gasteiger partial charge in [0.15, 0.2) is 0 Å². The lowest BCUT2D eigenvalue weighted by molar-refractivity contribution is -0.146. The van der Waals surface area contributed by atoms with Gasteiger partial charge >= 0.3 is 5.97 Å². The topological polar surface area (TPSA) is 61.5 Å². The molecule has 0 fully saturated rings. The minimum atomic E-state index is -0.594. The van der Waals surface area contributed by atoms with E-state index in [0.717, 1.165) is 5.75 Å². The number of rotatable bonds is 5. The third-order valence-corrected chi connectivity index (χ3v) is 1.91. The van der Waals surface area contributed by atoms with Crippen LogP contribution in [0.4, 0.5) is 0 Å². The summed E-state index contributed by atoms with van der Waals surface area (Å²) in [6.07, 6.45) is -0.190. The summed E-state index contributed by atoms with van der Waals surface area (Å²) in [4.78, 5) is 11.1. The molecule has 0 aliphatic heterocycles. The molecular formula is C12H17NO3. The van der Waals surface area contributed by atoms with Gasteiger partial charge in [-0.15, -0.1) is 0 Å². The molecule has 0 saturated carbocycles. The van der Waals surface area contributed by atoms with E-state index in [0.29, 0.717) is 0 Å². The van der Waals surface area contributed by atoms with Crippen molar-refractivity contribution < 1.29 is 14.3 Å². The maximum atomic E-state index is 11.1. The van der Waals surface area contributed by atoms with Crippen molar-refractivity contribution in [1.29, 1.82) is 0 Å². The van der Waals surface area contributed by atoms with Gasteiger partial charge in [0.05, 0.1) is 0 Å². The number of nitrogens with two attached hydrogens (primary N) is 1. The van der Waals surface area contributed by atoms with Crippen molar-refractivity contribution in [3.63, 3.8) is 0 Å². The van der Waals surface area contributed by atoms with Gasteiger partial charge in [-0.1, -0.05) is 18.2 Å². The predicted molar refractivity (Wildman–Crippen MR) is 61.1 cm³/mol. The normalized spacial score (nSPS) is 13.9. The highest BCUT2D eigenvalue weighted by molar-refractivity contribution is 5.74. The van der Waals surface area contributed by atoms with Crippen LogP contribution in [-0.2, 0) is 9.53 Å². The fourth-order valence-corrected chi connectivity index (χ4v) is 1.10. The summed E-state index contributed by atoms with van der Waals surface area (Å²) >= 11 is 0. The maximum Gasteiger partial charge on any atom is 0.322 e. The molecule has 0 bridgehead atoms. The van der Waals surface area contributed by atoms with E-state index in [4.69, 9.17) is 15.2 Å². The third kappa shape index (κ3) is 4.31. The molecule has 0 unspecified atom stereocenters. The molecule has 16 heavy (non-hydrogen) atoms. The Kier molecular flexibility index (Phi) is 4.79. The van der Waals surface area contributed by atoms with Gasteiger partial charge in [-0.3, -0.25) is 4.79 Å². The molecular weight excluding hydrogens is 206 g/mol. The second kappa shape index (κ2) is 6.12. The highest BCUT2D eigenvalue weighted by atomic mass is 16.6. The Balaban J connectivity index is 2.31. The zero-order chi connectivity index (χ0) is 12.0. The van der Waals surface area contributed by atoms with Crippen molar-refractivity contribution in [2.24, 2.45) is 5.73 Å². The number of carbonyl (C=O) groups excluding carboxylic acids is 1. The highest BCUT2D eigenvalue weighted by Gasteiger charge is 2.11. The molecule has 1 aromatic carbocycles. The fraction of sp³-hybridized carbons (Fsp3) is 0.417. The standard InChI is InChI=1S/C12H17NO3/c1-9(8-15-12(14)10(2)13)16-11-6-4-3-5-7-11/h3-7,9-10H,8,13H2,1-2H3/t9-,10+/m1/s1. The van der Waals surface area contributed by atoms with Crippen molar-refractivity contribution in [2.75, 3.05) is 6.61 Å². The SMILES string of the molecule is C[C@H](COC(=O)[C@H](C)N)Oc1ccccc1. The number of esters is 1. The Morgan fingerprint density at radius 2 is 1.94 bits per heavy atom. The van der Waals surface area contributed by atoms with Crippen LogP contribution in [-0.4, -0.2) is 24.7 Å². The summed E-state index contributed by atoms with van der Waals surface area (Å²) in [5.41, 5.74) is 5.36. The second-order valence-corrected chi connectivity index (χ2v) is 3.66. The first-order valence-electron chi connectivity index (χ1n) is 5.23. The van der Waals surface area contributed by atoms with Crippen molar-refractivity contribution in [1.82, 2.24) is 0 Å². The number of hydrogen-bond donors (Lipinski definition) is 1.